The van der Waals surface area contributed by atoms with Gasteiger partial charge in [0.15, 0.2) is 0 Å². The topological polar surface area (TPSA) is 59.4 Å². The zero-order chi connectivity index (χ0) is 17.9. The summed E-state index contributed by atoms with van der Waals surface area (Å²) in [4.78, 5) is 15.1. The Bertz CT molecular complexity index is 603. The smallest absolute Gasteiger partial charge is 0.227 e. The Morgan fingerprint density at radius 2 is 2.00 bits per heavy atom. The van der Waals surface area contributed by atoms with Gasteiger partial charge in [-0.15, -0.1) is 0 Å². The number of nitrogens with zero attached hydrogens (tertiary/aromatic N) is 3. The highest BCUT2D eigenvalue weighted by atomic mass is 16.5. The van der Waals surface area contributed by atoms with Gasteiger partial charge in [-0.1, -0.05) is 12.8 Å². The van der Waals surface area contributed by atoms with Crippen molar-refractivity contribution >= 4 is 5.91 Å². The molecular formula is C20H32N4O2. The molecule has 1 saturated carbocycles. The van der Waals surface area contributed by atoms with Gasteiger partial charge in [0.1, 0.15) is 0 Å². The maximum Gasteiger partial charge on any atom is 0.227 e. The molecule has 26 heavy (non-hydrogen) atoms. The number of ether oxygens (including phenoxy) is 1. The van der Waals surface area contributed by atoms with E-state index in [0.717, 1.165) is 51.5 Å². The van der Waals surface area contributed by atoms with Crippen molar-refractivity contribution in [3.05, 3.63) is 18.0 Å². The van der Waals surface area contributed by atoms with E-state index >= 15 is 0 Å². The molecule has 0 unspecified atom stereocenters. The molecule has 3 heterocycles. The van der Waals surface area contributed by atoms with Gasteiger partial charge in [0, 0.05) is 51.9 Å². The molecule has 3 fully saturated rings. The summed E-state index contributed by atoms with van der Waals surface area (Å²) in [7, 11) is 1.93. The van der Waals surface area contributed by atoms with Gasteiger partial charge >= 0.3 is 0 Å². The van der Waals surface area contributed by atoms with Crippen molar-refractivity contribution in [3.63, 3.8) is 0 Å². The molecule has 144 valence electrons. The Morgan fingerprint density at radius 3 is 2.69 bits per heavy atom. The van der Waals surface area contributed by atoms with Crippen molar-refractivity contribution in [1.29, 1.82) is 0 Å². The van der Waals surface area contributed by atoms with Gasteiger partial charge in [0.2, 0.25) is 5.91 Å². The van der Waals surface area contributed by atoms with Crippen molar-refractivity contribution in [1.82, 2.24) is 20.0 Å². The maximum absolute atomic E-state index is 13.1. The SMILES string of the molecule is Cn1cc([C@H]2CNC[C@@H]2C(=O)N2CCC(OCC3CCCC3)CC2)cn1. The third kappa shape index (κ3) is 3.96. The summed E-state index contributed by atoms with van der Waals surface area (Å²) in [6.45, 7) is 4.24. The zero-order valence-electron chi connectivity index (χ0n) is 15.9. The molecule has 0 spiro atoms. The van der Waals surface area contributed by atoms with Crippen LogP contribution in [-0.4, -0.2) is 59.5 Å². The summed E-state index contributed by atoms with van der Waals surface area (Å²) >= 11 is 0. The van der Waals surface area contributed by atoms with Crippen molar-refractivity contribution < 1.29 is 9.53 Å². The minimum atomic E-state index is 0.0372. The van der Waals surface area contributed by atoms with Gasteiger partial charge in [-0.25, -0.2) is 0 Å². The van der Waals surface area contributed by atoms with E-state index in [0.29, 0.717) is 12.0 Å². The molecule has 1 aliphatic carbocycles. The molecule has 3 aliphatic rings. The van der Waals surface area contributed by atoms with E-state index in [-0.39, 0.29) is 11.8 Å². The van der Waals surface area contributed by atoms with Crippen LogP contribution in [0.4, 0.5) is 0 Å². The van der Waals surface area contributed by atoms with Crippen LogP contribution in [0, 0.1) is 11.8 Å². The largest absolute Gasteiger partial charge is 0.378 e. The zero-order valence-corrected chi connectivity index (χ0v) is 15.9. The number of carbonyl (C=O) groups excluding carboxylic acids is 1. The Labute approximate surface area is 156 Å². The van der Waals surface area contributed by atoms with E-state index in [1.165, 1.54) is 31.2 Å². The number of piperidine rings is 1. The lowest BCUT2D eigenvalue weighted by Crippen LogP contribution is -2.45. The average Bonchev–Trinajstić information content (AvgIpc) is 3.41. The molecule has 0 radical (unpaired) electrons. The number of amides is 1. The number of aromatic nitrogens is 2. The number of carbonyl (C=O) groups is 1. The second-order valence-electron chi connectivity index (χ2n) is 8.33. The normalized spacial score (nSPS) is 28.1. The lowest BCUT2D eigenvalue weighted by Gasteiger charge is -2.34. The number of hydrogen-bond acceptors (Lipinski definition) is 4. The standard InChI is InChI=1S/C20H32N4O2/c1-23-13-16(10-22-23)18-11-21-12-19(18)20(25)24-8-6-17(7-9-24)26-14-15-4-2-3-5-15/h10,13,15,17-19,21H,2-9,11-12,14H2,1H3/t18-,19+/m1/s1. The van der Waals surface area contributed by atoms with Crippen molar-refractivity contribution in [2.24, 2.45) is 18.9 Å². The summed E-state index contributed by atoms with van der Waals surface area (Å²) in [5, 5.41) is 7.68. The van der Waals surface area contributed by atoms with Gasteiger partial charge in [-0.3, -0.25) is 9.48 Å². The van der Waals surface area contributed by atoms with Crippen LogP contribution in [0.1, 0.15) is 50.0 Å². The molecular weight excluding hydrogens is 328 g/mol. The van der Waals surface area contributed by atoms with E-state index < -0.39 is 0 Å². The van der Waals surface area contributed by atoms with Gasteiger partial charge in [0.25, 0.3) is 0 Å². The van der Waals surface area contributed by atoms with Crippen LogP contribution < -0.4 is 5.32 Å². The van der Waals surface area contributed by atoms with Crippen molar-refractivity contribution in [3.8, 4) is 0 Å². The maximum atomic E-state index is 13.1. The van der Waals surface area contributed by atoms with Gasteiger partial charge < -0.3 is 15.0 Å². The number of aryl methyl sites for hydroxylation is 1. The molecule has 2 atom stereocenters. The summed E-state index contributed by atoms with van der Waals surface area (Å²) in [6.07, 6.45) is 11.7. The van der Waals surface area contributed by atoms with Gasteiger partial charge in [0.05, 0.1) is 18.2 Å². The Kier molecular flexibility index (Phi) is 5.60. The molecule has 2 saturated heterocycles. The first kappa shape index (κ1) is 18.0. The number of nitrogens with one attached hydrogen (secondary N) is 1. The summed E-state index contributed by atoms with van der Waals surface area (Å²) in [5.41, 5.74) is 1.17. The monoisotopic (exact) mass is 360 g/mol. The van der Waals surface area contributed by atoms with Gasteiger partial charge in [-0.2, -0.15) is 5.10 Å². The number of hydrogen-bond donors (Lipinski definition) is 1. The average molecular weight is 361 g/mol. The summed E-state index contributed by atoms with van der Waals surface area (Å²) < 4.78 is 7.97. The van der Waals surface area contributed by atoms with E-state index in [2.05, 4.69) is 15.3 Å². The molecule has 6 nitrogen and oxygen atoms in total. The van der Waals surface area contributed by atoms with Crippen LogP contribution in [0.3, 0.4) is 0 Å². The third-order valence-corrected chi connectivity index (χ3v) is 6.48. The molecule has 1 aromatic rings. The molecule has 0 bridgehead atoms. The van der Waals surface area contributed by atoms with Crippen LogP contribution in [0.2, 0.25) is 0 Å². The third-order valence-electron chi connectivity index (χ3n) is 6.48. The van der Waals surface area contributed by atoms with E-state index in [1.807, 2.05) is 24.1 Å². The lowest BCUT2D eigenvalue weighted by molar-refractivity contribution is -0.138. The second-order valence-corrected chi connectivity index (χ2v) is 8.33. The predicted molar refractivity (Wildman–Crippen MR) is 99.8 cm³/mol. The fourth-order valence-corrected chi connectivity index (χ4v) is 4.85. The lowest BCUT2D eigenvalue weighted by atomic mass is 9.89. The Morgan fingerprint density at radius 1 is 1.23 bits per heavy atom. The van der Waals surface area contributed by atoms with E-state index in [4.69, 9.17) is 4.74 Å². The van der Waals surface area contributed by atoms with Crippen molar-refractivity contribution in [2.75, 3.05) is 32.8 Å². The van der Waals surface area contributed by atoms with Crippen molar-refractivity contribution in [2.45, 2.75) is 50.5 Å². The minimum Gasteiger partial charge on any atom is -0.378 e. The molecule has 1 aromatic heterocycles. The quantitative estimate of drug-likeness (QED) is 0.872. The minimum absolute atomic E-state index is 0.0372. The first-order chi connectivity index (χ1) is 12.7. The second kappa shape index (κ2) is 8.09. The predicted octanol–water partition coefficient (Wildman–Crippen LogP) is 1.92. The van der Waals surface area contributed by atoms with E-state index in [1.54, 1.807) is 0 Å². The first-order valence-electron chi connectivity index (χ1n) is 10.3. The fourth-order valence-electron chi connectivity index (χ4n) is 4.85. The highest BCUT2D eigenvalue weighted by Crippen LogP contribution is 2.31. The molecule has 0 aromatic carbocycles. The van der Waals surface area contributed by atoms with Crippen LogP contribution in [-0.2, 0) is 16.6 Å². The molecule has 2 aliphatic heterocycles. The highest BCUT2D eigenvalue weighted by Gasteiger charge is 2.38. The summed E-state index contributed by atoms with van der Waals surface area (Å²) in [6, 6.07) is 0. The molecule has 6 heteroatoms. The van der Waals surface area contributed by atoms with Crippen LogP contribution in [0.25, 0.3) is 0 Å². The Hall–Kier alpha value is -1.40. The van der Waals surface area contributed by atoms with Crippen LogP contribution in [0.15, 0.2) is 12.4 Å². The summed E-state index contributed by atoms with van der Waals surface area (Å²) in [5.74, 6) is 1.36. The fraction of sp³-hybridized carbons (Fsp3) is 0.800. The van der Waals surface area contributed by atoms with Gasteiger partial charge in [-0.05, 0) is 37.2 Å². The molecule has 4 rings (SSSR count). The number of rotatable bonds is 5. The Balaban J connectivity index is 1.27. The highest BCUT2D eigenvalue weighted by molar-refractivity contribution is 5.80. The van der Waals surface area contributed by atoms with Crippen LogP contribution >= 0.6 is 0 Å². The molecule has 1 N–H and O–H groups in total. The first-order valence-corrected chi connectivity index (χ1v) is 10.3. The number of likely N-dealkylation sites (tertiary alicyclic amines) is 1. The van der Waals surface area contributed by atoms with E-state index in [9.17, 15) is 4.79 Å². The van der Waals surface area contributed by atoms with Crippen LogP contribution in [0.5, 0.6) is 0 Å². The molecule has 1 amide bonds.